The van der Waals surface area contributed by atoms with Crippen molar-refractivity contribution in [2.24, 2.45) is 16.8 Å². The molecular weight excluding hydrogens is 336 g/mol. The topological polar surface area (TPSA) is 48.8 Å². The molecule has 1 amide bonds. The smallest absolute Gasteiger partial charge is 0.228 e. The second-order valence-corrected chi connectivity index (χ2v) is 8.59. The van der Waals surface area contributed by atoms with Gasteiger partial charge in [-0.1, -0.05) is 25.1 Å². The van der Waals surface area contributed by atoms with Gasteiger partial charge in [-0.3, -0.25) is 14.8 Å². The van der Waals surface area contributed by atoms with Crippen LogP contribution < -0.4 is 0 Å². The molecule has 1 aromatic heterocycles. The minimum atomic E-state index is 0.189. The Hall–Kier alpha value is -2.27. The summed E-state index contributed by atoms with van der Waals surface area (Å²) in [5.74, 6) is 1.42. The average Bonchev–Trinajstić information content (AvgIpc) is 3.48. The van der Waals surface area contributed by atoms with Gasteiger partial charge in [-0.15, -0.1) is 0 Å². The van der Waals surface area contributed by atoms with Crippen LogP contribution in [0.1, 0.15) is 36.4 Å². The van der Waals surface area contributed by atoms with E-state index in [2.05, 4.69) is 51.9 Å². The second kappa shape index (κ2) is 6.41. The van der Waals surface area contributed by atoms with Crippen molar-refractivity contribution < 1.29 is 4.79 Å². The number of carbonyl (C=O) groups is 1. The van der Waals surface area contributed by atoms with E-state index in [1.807, 2.05) is 18.5 Å². The third-order valence-corrected chi connectivity index (χ3v) is 6.28. The first-order valence-electron chi connectivity index (χ1n) is 9.98. The Morgan fingerprint density at radius 2 is 1.89 bits per heavy atom. The molecule has 4 heterocycles. The van der Waals surface area contributed by atoms with E-state index < -0.39 is 0 Å². The number of benzene rings is 1. The first-order valence-corrected chi connectivity index (χ1v) is 9.98. The molecule has 3 atom stereocenters. The molecule has 2 aromatic rings. The molecule has 0 spiro atoms. The molecule has 0 saturated carbocycles. The lowest BCUT2D eigenvalue weighted by Crippen LogP contribution is -2.55. The molecule has 2 saturated heterocycles. The second-order valence-electron chi connectivity index (χ2n) is 8.59. The zero-order valence-corrected chi connectivity index (χ0v) is 16.0. The van der Waals surface area contributed by atoms with Gasteiger partial charge in [-0.05, 0) is 31.0 Å². The first-order chi connectivity index (χ1) is 13.1. The van der Waals surface area contributed by atoms with Gasteiger partial charge < -0.3 is 9.80 Å². The number of likely N-dealkylation sites (tertiary alicyclic amines) is 2. The fourth-order valence-electron chi connectivity index (χ4n) is 4.89. The van der Waals surface area contributed by atoms with Crippen LogP contribution in [0.25, 0.3) is 10.9 Å². The Kier molecular flexibility index (Phi) is 4.01. The van der Waals surface area contributed by atoms with E-state index in [0.29, 0.717) is 17.7 Å². The molecule has 0 bridgehead atoms. The molecule has 5 rings (SSSR count). The van der Waals surface area contributed by atoms with Crippen LogP contribution in [0.15, 0.2) is 35.5 Å². The van der Waals surface area contributed by atoms with Crippen LogP contribution in [0.4, 0.5) is 0 Å². The van der Waals surface area contributed by atoms with Crippen LogP contribution in [-0.4, -0.2) is 60.1 Å². The SMILES string of the molecule is C[C@@H]1C[C@H](c2ccc(C3C=N3)c3ncccc23)CN(C(=O)C2CN(C)C2)C1. The van der Waals surface area contributed by atoms with Crippen molar-refractivity contribution in [2.75, 3.05) is 33.2 Å². The highest BCUT2D eigenvalue weighted by Gasteiger charge is 2.37. The number of aromatic nitrogens is 1. The lowest BCUT2D eigenvalue weighted by Gasteiger charge is -2.42. The molecule has 2 fully saturated rings. The number of hydrogen-bond acceptors (Lipinski definition) is 4. The summed E-state index contributed by atoms with van der Waals surface area (Å²) in [4.78, 5) is 26.3. The van der Waals surface area contributed by atoms with E-state index in [9.17, 15) is 4.79 Å². The maximum atomic E-state index is 12.9. The molecule has 0 N–H and O–H groups in total. The monoisotopic (exact) mass is 362 g/mol. The number of hydrogen-bond donors (Lipinski definition) is 0. The maximum Gasteiger partial charge on any atom is 0.228 e. The van der Waals surface area contributed by atoms with Crippen molar-refractivity contribution >= 4 is 23.0 Å². The van der Waals surface area contributed by atoms with Crippen LogP contribution in [0.3, 0.4) is 0 Å². The highest BCUT2D eigenvalue weighted by atomic mass is 16.2. The van der Waals surface area contributed by atoms with Crippen LogP contribution in [-0.2, 0) is 4.79 Å². The molecule has 27 heavy (non-hydrogen) atoms. The summed E-state index contributed by atoms with van der Waals surface area (Å²) in [6.07, 6.45) is 4.96. The molecule has 1 aromatic carbocycles. The fourth-order valence-corrected chi connectivity index (χ4v) is 4.89. The summed E-state index contributed by atoms with van der Waals surface area (Å²) in [5, 5.41) is 1.22. The average molecular weight is 362 g/mol. The van der Waals surface area contributed by atoms with Gasteiger partial charge in [0.15, 0.2) is 0 Å². The van der Waals surface area contributed by atoms with Crippen molar-refractivity contribution in [3.05, 3.63) is 41.6 Å². The Labute approximate surface area is 160 Å². The molecule has 5 heteroatoms. The Bertz CT molecular complexity index is 912. The lowest BCUT2D eigenvalue weighted by atomic mass is 9.82. The van der Waals surface area contributed by atoms with Gasteiger partial charge in [0.2, 0.25) is 5.91 Å². The van der Waals surface area contributed by atoms with Crippen LogP contribution in [0.5, 0.6) is 0 Å². The lowest BCUT2D eigenvalue weighted by molar-refractivity contribution is -0.142. The third-order valence-electron chi connectivity index (χ3n) is 6.28. The zero-order chi connectivity index (χ0) is 18.5. The number of pyridine rings is 1. The Morgan fingerprint density at radius 1 is 1.11 bits per heavy atom. The van der Waals surface area contributed by atoms with E-state index in [4.69, 9.17) is 0 Å². The van der Waals surface area contributed by atoms with Crippen molar-refractivity contribution in [1.29, 1.82) is 0 Å². The molecular formula is C22H26N4O. The number of fused-ring (bicyclic) bond motifs is 1. The van der Waals surface area contributed by atoms with Crippen LogP contribution >= 0.6 is 0 Å². The summed E-state index contributed by atoms with van der Waals surface area (Å²) in [6.45, 7) is 5.78. The van der Waals surface area contributed by atoms with Gasteiger partial charge in [0.25, 0.3) is 0 Å². The van der Waals surface area contributed by atoms with Crippen molar-refractivity contribution in [2.45, 2.75) is 25.3 Å². The summed E-state index contributed by atoms with van der Waals surface area (Å²) in [7, 11) is 2.08. The first kappa shape index (κ1) is 16.9. The van der Waals surface area contributed by atoms with E-state index in [1.54, 1.807) is 0 Å². The summed E-state index contributed by atoms with van der Waals surface area (Å²) < 4.78 is 0. The van der Waals surface area contributed by atoms with Crippen LogP contribution in [0.2, 0.25) is 0 Å². The highest BCUT2D eigenvalue weighted by molar-refractivity contribution is 5.92. The van der Waals surface area contributed by atoms with Gasteiger partial charge in [-0.25, -0.2) is 0 Å². The zero-order valence-electron chi connectivity index (χ0n) is 16.0. The van der Waals surface area contributed by atoms with Crippen molar-refractivity contribution in [3.8, 4) is 0 Å². The fraction of sp³-hybridized carbons (Fsp3) is 0.500. The predicted molar refractivity (Wildman–Crippen MR) is 107 cm³/mol. The predicted octanol–water partition coefficient (Wildman–Crippen LogP) is 2.87. The van der Waals surface area contributed by atoms with E-state index in [1.165, 1.54) is 16.5 Å². The Morgan fingerprint density at radius 3 is 2.63 bits per heavy atom. The van der Waals surface area contributed by atoms with Gasteiger partial charge in [-0.2, -0.15) is 0 Å². The molecule has 5 nitrogen and oxygen atoms in total. The Balaban J connectivity index is 1.45. The largest absolute Gasteiger partial charge is 0.341 e. The number of rotatable bonds is 3. The van der Waals surface area contributed by atoms with Crippen LogP contribution in [0, 0.1) is 11.8 Å². The quantitative estimate of drug-likeness (QED) is 0.844. The van der Waals surface area contributed by atoms with E-state index in [-0.39, 0.29) is 12.0 Å². The van der Waals surface area contributed by atoms with Gasteiger partial charge in [0.1, 0.15) is 6.04 Å². The maximum absolute atomic E-state index is 12.9. The molecule has 1 unspecified atom stereocenters. The number of nitrogens with zero attached hydrogens (tertiary/aromatic N) is 4. The van der Waals surface area contributed by atoms with Gasteiger partial charge in [0.05, 0.1) is 11.4 Å². The third kappa shape index (κ3) is 3.04. The molecule has 0 radical (unpaired) electrons. The van der Waals surface area contributed by atoms with Gasteiger partial charge in [0, 0.05) is 55.5 Å². The van der Waals surface area contributed by atoms with Crippen molar-refractivity contribution in [3.63, 3.8) is 0 Å². The van der Waals surface area contributed by atoms with Crippen molar-refractivity contribution in [1.82, 2.24) is 14.8 Å². The number of amides is 1. The highest BCUT2D eigenvalue weighted by Crippen LogP contribution is 2.38. The number of carbonyl (C=O) groups excluding carboxylic acids is 1. The van der Waals surface area contributed by atoms with Gasteiger partial charge >= 0.3 is 0 Å². The summed E-state index contributed by atoms with van der Waals surface area (Å²) in [6, 6.07) is 8.84. The number of piperidine rings is 1. The molecule has 3 aliphatic heterocycles. The van der Waals surface area contributed by atoms with E-state index in [0.717, 1.165) is 38.1 Å². The molecule has 140 valence electrons. The normalized spacial score (nSPS) is 28.4. The molecule has 0 aliphatic carbocycles. The standard InChI is InChI=1S/C22H26N4O/c1-14-8-15(13-26(10-14)22(27)16-11-25(2)12-16)17-5-6-19(20-9-24-20)21-18(17)4-3-7-23-21/h3-7,9,14-16,20H,8,10-13H2,1-2H3/t14-,15+,20?/m1/s1. The number of aliphatic imine (C=N–C) groups is 1. The summed E-state index contributed by atoms with van der Waals surface area (Å²) in [5.41, 5.74) is 3.59. The summed E-state index contributed by atoms with van der Waals surface area (Å²) >= 11 is 0. The molecule has 3 aliphatic rings. The van der Waals surface area contributed by atoms with E-state index >= 15 is 0 Å². The minimum absolute atomic E-state index is 0.189. The minimum Gasteiger partial charge on any atom is -0.341 e.